The van der Waals surface area contributed by atoms with Gasteiger partial charge in [0.25, 0.3) is 0 Å². The summed E-state index contributed by atoms with van der Waals surface area (Å²) in [6.07, 6.45) is 6.24. The Bertz CT molecular complexity index is 342. The molecule has 1 fully saturated rings. The number of carboxylic acids is 1. The average molecular weight is 205 g/mol. The van der Waals surface area contributed by atoms with Crippen molar-refractivity contribution >= 4 is 5.97 Å². The molecule has 1 aromatic rings. The Kier molecular flexibility index (Phi) is 2.71. The molecular weight excluding hydrogens is 190 g/mol. The Hall–Kier alpha value is -1.38. The van der Waals surface area contributed by atoms with Gasteiger partial charge in [-0.05, 0) is 25.0 Å². The van der Waals surface area contributed by atoms with Crippen molar-refractivity contribution in [1.82, 2.24) is 4.98 Å². The highest BCUT2D eigenvalue weighted by Crippen LogP contribution is 2.38. The van der Waals surface area contributed by atoms with E-state index in [0.717, 1.165) is 37.8 Å². The molecule has 15 heavy (non-hydrogen) atoms. The lowest BCUT2D eigenvalue weighted by Gasteiger charge is -2.32. The molecular formula is C12H15NO2. The minimum Gasteiger partial charge on any atom is -0.481 e. The fourth-order valence-electron chi connectivity index (χ4n) is 2.38. The molecule has 0 amide bonds. The summed E-state index contributed by atoms with van der Waals surface area (Å²) in [5.41, 5.74) is -0.00308. The van der Waals surface area contributed by atoms with Crippen LogP contribution in [0.3, 0.4) is 0 Å². The quantitative estimate of drug-likeness (QED) is 0.806. The third-order valence-electron chi connectivity index (χ3n) is 3.27. The molecule has 1 N–H and O–H groups in total. The topological polar surface area (TPSA) is 50.2 Å². The number of carbonyl (C=O) groups is 1. The highest BCUT2D eigenvalue weighted by atomic mass is 16.4. The van der Waals surface area contributed by atoms with Crippen molar-refractivity contribution in [2.75, 3.05) is 0 Å². The van der Waals surface area contributed by atoms with Gasteiger partial charge in [-0.15, -0.1) is 0 Å². The predicted molar refractivity (Wildman–Crippen MR) is 56.6 cm³/mol. The predicted octanol–water partition coefficient (Wildman–Crippen LogP) is 2.37. The summed E-state index contributed by atoms with van der Waals surface area (Å²) in [6.45, 7) is 0. The van der Waals surface area contributed by atoms with Gasteiger partial charge in [0.05, 0.1) is 5.69 Å². The fraction of sp³-hybridized carbons (Fsp3) is 0.500. The first-order valence-electron chi connectivity index (χ1n) is 5.41. The van der Waals surface area contributed by atoms with Crippen LogP contribution in [0.25, 0.3) is 0 Å². The van der Waals surface area contributed by atoms with E-state index in [1.165, 1.54) is 0 Å². The van der Waals surface area contributed by atoms with Crippen molar-refractivity contribution in [3.05, 3.63) is 30.1 Å². The molecule has 0 spiro atoms. The summed E-state index contributed by atoms with van der Waals surface area (Å²) in [7, 11) is 0. The van der Waals surface area contributed by atoms with Gasteiger partial charge in [-0.1, -0.05) is 25.3 Å². The first-order valence-corrected chi connectivity index (χ1v) is 5.41. The summed E-state index contributed by atoms with van der Waals surface area (Å²) in [6, 6.07) is 5.52. The smallest absolute Gasteiger partial charge is 0.315 e. The van der Waals surface area contributed by atoms with E-state index in [1.54, 1.807) is 6.20 Å². The largest absolute Gasteiger partial charge is 0.481 e. The van der Waals surface area contributed by atoms with Gasteiger partial charge in [-0.2, -0.15) is 0 Å². The fourth-order valence-corrected chi connectivity index (χ4v) is 2.38. The van der Waals surface area contributed by atoms with Gasteiger partial charge in [0.15, 0.2) is 0 Å². The zero-order chi connectivity index (χ0) is 10.7. The van der Waals surface area contributed by atoms with E-state index in [4.69, 9.17) is 0 Å². The SMILES string of the molecule is O=C(O)C1(c2ccccn2)CCCCC1. The Balaban J connectivity index is 2.38. The second-order valence-electron chi connectivity index (χ2n) is 4.16. The summed E-state index contributed by atoms with van der Waals surface area (Å²) in [4.78, 5) is 15.7. The third-order valence-corrected chi connectivity index (χ3v) is 3.27. The van der Waals surface area contributed by atoms with Crippen molar-refractivity contribution in [2.45, 2.75) is 37.5 Å². The van der Waals surface area contributed by atoms with Crippen molar-refractivity contribution in [1.29, 1.82) is 0 Å². The molecule has 0 atom stereocenters. The molecule has 1 saturated carbocycles. The number of pyridine rings is 1. The summed E-state index contributed by atoms with van der Waals surface area (Å²) < 4.78 is 0. The summed E-state index contributed by atoms with van der Waals surface area (Å²) in [5.74, 6) is -0.721. The number of hydrogen-bond acceptors (Lipinski definition) is 2. The molecule has 0 radical (unpaired) electrons. The molecule has 3 nitrogen and oxygen atoms in total. The average Bonchev–Trinajstić information content (AvgIpc) is 2.31. The molecule has 1 heterocycles. The summed E-state index contributed by atoms with van der Waals surface area (Å²) >= 11 is 0. The minimum atomic E-state index is -0.723. The lowest BCUT2D eigenvalue weighted by Crippen LogP contribution is -2.38. The number of nitrogens with zero attached hydrogens (tertiary/aromatic N) is 1. The zero-order valence-electron chi connectivity index (χ0n) is 8.65. The van der Waals surface area contributed by atoms with Gasteiger partial charge in [0.1, 0.15) is 5.41 Å². The molecule has 1 aliphatic carbocycles. The van der Waals surface area contributed by atoms with E-state index in [9.17, 15) is 9.90 Å². The number of rotatable bonds is 2. The molecule has 1 aromatic heterocycles. The Morgan fingerprint density at radius 1 is 1.27 bits per heavy atom. The number of hydrogen-bond donors (Lipinski definition) is 1. The van der Waals surface area contributed by atoms with Crippen molar-refractivity contribution < 1.29 is 9.90 Å². The number of aliphatic carboxylic acids is 1. The lowest BCUT2D eigenvalue weighted by atomic mass is 9.71. The first kappa shape index (κ1) is 10.1. The van der Waals surface area contributed by atoms with Crippen LogP contribution >= 0.6 is 0 Å². The molecule has 80 valence electrons. The summed E-state index contributed by atoms with van der Waals surface area (Å²) in [5, 5.41) is 9.40. The van der Waals surface area contributed by atoms with Crippen LogP contribution in [0.15, 0.2) is 24.4 Å². The normalized spacial score (nSPS) is 19.7. The van der Waals surface area contributed by atoms with Crippen molar-refractivity contribution in [3.63, 3.8) is 0 Å². The van der Waals surface area contributed by atoms with Gasteiger partial charge >= 0.3 is 5.97 Å². The van der Waals surface area contributed by atoms with Gasteiger partial charge in [0, 0.05) is 6.20 Å². The molecule has 0 saturated heterocycles. The van der Waals surface area contributed by atoms with Crippen LogP contribution in [0.5, 0.6) is 0 Å². The van der Waals surface area contributed by atoms with Crippen LogP contribution in [0.1, 0.15) is 37.8 Å². The van der Waals surface area contributed by atoms with Gasteiger partial charge < -0.3 is 5.11 Å². The third kappa shape index (κ3) is 1.74. The molecule has 2 rings (SSSR count). The van der Waals surface area contributed by atoms with E-state index in [0.29, 0.717) is 0 Å². The second-order valence-corrected chi connectivity index (χ2v) is 4.16. The van der Waals surface area contributed by atoms with Crippen molar-refractivity contribution in [3.8, 4) is 0 Å². The molecule has 0 bridgehead atoms. The zero-order valence-corrected chi connectivity index (χ0v) is 8.65. The van der Waals surface area contributed by atoms with E-state index in [1.807, 2.05) is 18.2 Å². The van der Waals surface area contributed by atoms with Gasteiger partial charge in [0.2, 0.25) is 0 Å². The van der Waals surface area contributed by atoms with Crippen molar-refractivity contribution in [2.24, 2.45) is 0 Å². The standard InChI is InChI=1S/C12H15NO2/c14-11(15)12(7-3-1-4-8-12)10-6-2-5-9-13-10/h2,5-6,9H,1,3-4,7-8H2,(H,14,15). The molecule has 1 aliphatic rings. The first-order chi connectivity index (χ1) is 7.26. The Morgan fingerprint density at radius 2 is 2.00 bits per heavy atom. The maximum atomic E-state index is 11.4. The van der Waals surface area contributed by atoms with Gasteiger partial charge in [-0.25, -0.2) is 0 Å². The molecule has 0 aromatic carbocycles. The van der Waals surface area contributed by atoms with Crippen LogP contribution in [-0.2, 0) is 10.2 Å². The van der Waals surface area contributed by atoms with E-state index >= 15 is 0 Å². The molecule has 0 aliphatic heterocycles. The van der Waals surface area contributed by atoms with Crippen LogP contribution in [0, 0.1) is 0 Å². The van der Waals surface area contributed by atoms with Gasteiger partial charge in [-0.3, -0.25) is 9.78 Å². The lowest BCUT2D eigenvalue weighted by molar-refractivity contribution is -0.145. The molecule has 0 unspecified atom stereocenters. The highest BCUT2D eigenvalue weighted by molar-refractivity contribution is 5.80. The number of aromatic nitrogens is 1. The van der Waals surface area contributed by atoms with E-state index in [2.05, 4.69) is 4.98 Å². The number of carboxylic acid groups (broad SMARTS) is 1. The molecule has 3 heteroatoms. The second kappa shape index (κ2) is 4.01. The van der Waals surface area contributed by atoms with E-state index in [-0.39, 0.29) is 0 Å². The minimum absolute atomic E-state index is 0.720. The van der Waals surface area contributed by atoms with E-state index < -0.39 is 11.4 Å². The van der Waals surface area contributed by atoms with Crippen LogP contribution < -0.4 is 0 Å². The van der Waals surface area contributed by atoms with Crippen LogP contribution in [0.2, 0.25) is 0 Å². The van der Waals surface area contributed by atoms with Crippen LogP contribution in [-0.4, -0.2) is 16.1 Å². The Labute approximate surface area is 89.2 Å². The van der Waals surface area contributed by atoms with Crippen LogP contribution in [0.4, 0.5) is 0 Å². The maximum Gasteiger partial charge on any atom is 0.315 e. The maximum absolute atomic E-state index is 11.4. The monoisotopic (exact) mass is 205 g/mol. The highest BCUT2D eigenvalue weighted by Gasteiger charge is 2.42. The Morgan fingerprint density at radius 3 is 2.53 bits per heavy atom.